The van der Waals surface area contributed by atoms with Crippen molar-refractivity contribution < 1.29 is 17.9 Å². The minimum absolute atomic E-state index is 0.113. The predicted molar refractivity (Wildman–Crippen MR) is 142 cm³/mol. The van der Waals surface area contributed by atoms with Gasteiger partial charge in [-0.2, -0.15) is 4.99 Å². The maximum absolute atomic E-state index is 13.2. The van der Waals surface area contributed by atoms with E-state index in [9.17, 15) is 13.2 Å². The summed E-state index contributed by atoms with van der Waals surface area (Å²) in [6.45, 7) is 3.09. The Balaban J connectivity index is 1.66. The third kappa shape index (κ3) is 5.40. The summed E-state index contributed by atoms with van der Waals surface area (Å²) in [5.41, 5.74) is 1.86. The van der Waals surface area contributed by atoms with Gasteiger partial charge in [-0.15, -0.1) is 0 Å². The fraction of sp³-hybridized carbons (Fsp3) is 0.200. The molecule has 0 spiro atoms. The summed E-state index contributed by atoms with van der Waals surface area (Å²) in [6.07, 6.45) is 0. The summed E-state index contributed by atoms with van der Waals surface area (Å²) in [6, 6.07) is 20.7. The molecule has 35 heavy (non-hydrogen) atoms. The van der Waals surface area contributed by atoms with Crippen molar-refractivity contribution in [1.29, 1.82) is 0 Å². The number of anilines is 1. The molecule has 0 fully saturated rings. The molecule has 0 saturated heterocycles. The van der Waals surface area contributed by atoms with E-state index < -0.39 is 15.9 Å². The number of hydrogen-bond acceptors (Lipinski definition) is 5. The normalized spacial score (nSPS) is 12.3. The molecule has 1 amide bonds. The van der Waals surface area contributed by atoms with Crippen molar-refractivity contribution in [3.05, 3.63) is 87.6 Å². The summed E-state index contributed by atoms with van der Waals surface area (Å²) in [5.74, 6) is -0.443. The second kappa shape index (κ2) is 10.9. The lowest BCUT2D eigenvalue weighted by molar-refractivity contribution is 0.0997. The number of ether oxygens (including phenoxy) is 1. The van der Waals surface area contributed by atoms with Crippen LogP contribution in [0, 0.1) is 0 Å². The first-order valence-corrected chi connectivity index (χ1v) is 13.9. The summed E-state index contributed by atoms with van der Waals surface area (Å²) in [7, 11) is -2.15. The Labute approximate surface area is 216 Å². The zero-order chi connectivity index (χ0) is 25.0. The smallest absolute Gasteiger partial charge is 0.279 e. The quantitative estimate of drug-likeness (QED) is 0.295. The third-order valence-electron chi connectivity index (χ3n) is 5.38. The van der Waals surface area contributed by atoms with E-state index in [0.717, 1.165) is 14.7 Å². The lowest BCUT2D eigenvalue weighted by Gasteiger charge is -2.22. The molecule has 4 rings (SSSR count). The number of sulfonamides is 1. The molecule has 7 nitrogen and oxygen atoms in total. The molecule has 3 aromatic carbocycles. The fourth-order valence-corrected chi connectivity index (χ4v) is 6.74. The highest BCUT2D eigenvalue weighted by Gasteiger charge is 2.23. The Kier molecular flexibility index (Phi) is 7.85. The summed E-state index contributed by atoms with van der Waals surface area (Å²) in [5, 5.41) is 0. The fourth-order valence-electron chi connectivity index (χ4n) is 3.66. The van der Waals surface area contributed by atoms with Crippen LogP contribution in [0.3, 0.4) is 0 Å². The van der Waals surface area contributed by atoms with Crippen LogP contribution in [0.2, 0.25) is 0 Å². The number of carbonyl (C=O) groups is 1. The van der Waals surface area contributed by atoms with E-state index in [-0.39, 0.29) is 11.4 Å². The molecular formula is C25H24BrN3O4S2. The Hall–Kier alpha value is -2.79. The number of nitrogens with zero attached hydrogens (tertiary/aromatic N) is 3. The van der Waals surface area contributed by atoms with Crippen LogP contribution in [-0.4, -0.2) is 39.2 Å². The number of benzene rings is 3. The van der Waals surface area contributed by atoms with Crippen LogP contribution in [0.4, 0.5) is 5.69 Å². The molecular weight excluding hydrogens is 550 g/mol. The van der Waals surface area contributed by atoms with E-state index in [1.165, 1.54) is 39.9 Å². The second-order valence-corrected chi connectivity index (χ2v) is 11.4. The lowest BCUT2D eigenvalue weighted by Crippen LogP contribution is -2.30. The highest BCUT2D eigenvalue weighted by atomic mass is 79.9. The molecule has 0 N–H and O–H groups in total. The van der Waals surface area contributed by atoms with E-state index in [1.54, 1.807) is 38.3 Å². The first-order valence-electron chi connectivity index (χ1n) is 10.9. The third-order valence-corrected chi connectivity index (χ3v) is 8.83. The number of rotatable bonds is 8. The molecule has 0 aliphatic rings. The average molecular weight is 575 g/mol. The van der Waals surface area contributed by atoms with Gasteiger partial charge in [0.2, 0.25) is 0 Å². The zero-order valence-corrected chi connectivity index (χ0v) is 22.4. The van der Waals surface area contributed by atoms with Gasteiger partial charge in [0.25, 0.3) is 15.9 Å². The molecule has 0 atom stereocenters. The summed E-state index contributed by atoms with van der Waals surface area (Å²) < 4.78 is 36.9. The number of halogens is 1. The number of aromatic nitrogens is 1. The molecule has 0 unspecified atom stereocenters. The van der Waals surface area contributed by atoms with Crippen molar-refractivity contribution in [3.8, 4) is 0 Å². The topological polar surface area (TPSA) is 81.0 Å². The van der Waals surface area contributed by atoms with Crippen molar-refractivity contribution in [2.45, 2.75) is 18.4 Å². The highest BCUT2D eigenvalue weighted by Crippen LogP contribution is 2.24. The number of hydrogen-bond donors (Lipinski definition) is 0. The average Bonchev–Trinajstić information content (AvgIpc) is 3.19. The number of methoxy groups -OCH3 is 1. The van der Waals surface area contributed by atoms with E-state index in [2.05, 4.69) is 20.9 Å². The molecule has 4 aromatic rings. The number of thiazole rings is 1. The Morgan fingerprint density at radius 3 is 2.46 bits per heavy atom. The van der Waals surface area contributed by atoms with E-state index in [0.29, 0.717) is 29.2 Å². The SMILES string of the molecule is CCN(c1ccccc1)S(=O)(=O)c1ccc(C(=O)N=c2sc3cc(Br)ccc3n2CCOC)cc1. The molecule has 0 bridgehead atoms. The van der Waals surface area contributed by atoms with Gasteiger partial charge in [0, 0.05) is 30.2 Å². The van der Waals surface area contributed by atoms with Crippen molar-refractivity contribution in [2.75, 3.05) is 24.6 Å². The van der Waals surface area contributed by atoms with Crippen molar-refractivity contribution in [1.82, 2.24) is 4.57 Å². The first-order chi connectivity index (χ1) is 16.8. The van der Waals surface area contributed by atoms with Crippen molar-refractivity contribution in [2.24, 2.45) is 4.99 Å². The highest BCUT2D eigenvalue weighted by molar-refractivity contribution is 9.10. The van der Waals surface area contributed by atoms with Crippen LogP contribution in [0.5, 0.6) is 0 Å². The van der Waals surface area contributed by atoms with Crippen LogP contribution in [0.15, 0.2) is 87.2 Å². The van der Waals surface area contributed by atoms with Gasteiger partial charge in [0.15, 0.2) is 4.80 Å². The Bertz CT molecular complexity index is 1510. The number of para-hydroxylation sites is 1. The predicted octanol–water partition coefficient (Wildman–Crippen LogP) is 5.07. The summed E-state index contributed by atoms with van der Waals surface area (Å²) >= 11 is 4.89. The van der Waals surface area contributed by atoms with Gasteiger partial charge in [-0.3, -0.25) is 9.10 Å². The van der Waals surface area contributed by atoms with Crippen molar-refractivity contribution in [3.63, 3.8) is 0 Å². The molecule has 0 aliphatic heterocycles. The lowest BCUT2D eigenvalue weighted by atomic mass is 10.2. The molecule has 0 radical (unpaired) electrons. The minimum atomic E-state index is -3.77. The standard InChI is InChI=1S/C25H24BrN3O4S2/c1-3-29(20-7-5-4-6-8-20)35(31,32)21-12-9-18(10-13-21)24(30)27-25-28(15-16-33-2)22-14-11-19(26)17-23(22)34-25/h4-14,17H,3,15-16H2,1-2H3. The van der Waals surface area contributed by atoms with E-state index in [4.69, 9.17) is 4.74 Å². The molecule has 0 aliphatic carbocycles. The van der Waals surface area contributed by atoms with Crippen LogP contribution in [0.1, 0.15) is 17.3 Å². The van der Waals surface area contributed by atoms with Crippen LogP contribution in [-0.2, 0) is 21.3 Å². The zero-order valence-electron chi connectivity index (χ0n) is 19.2. The van der Waals surface area contributed by atoms with Gasteiger partial charge >= 0.3 is 0 Å². The second-order valence-electron chi connectivity index (χ2n) is 7.59. The maximum atomic E-state index is 13.2. The molecule has 10 heteroatoms. The van der Waals surface area contributed by atoms with Gasteiger partial charge in [-0.05, 0) is 61.5 Å². The van der Waals surface area contributed by atoms with Crippen molar-refractivity contribution >= 4 is 59.1 Å². The number of amides is 1. The first kappa shape index (κ1) is 25.3. The largest absolute Gasteiger partial charge is 0.383 e. The molecule has 0 saturated carbocycles. The van der Waals surface area contributed by atoms with Crippen LogP contribution in [0.25, 0.3) is 10.2 Å². The van der Waals surface area contributed by atoms with Gasteiger partial charge in [-0.25, -0.2) is 8.42 Å². The van der Waals surface area contributed by atoms with Gasteiger partial charge in [0.05, 0.1) is 27.4 Å². The Morgan fingerprint density at radius 1 is 1.09 bits per heavy atom. The van der Waals surface area contributed by atoms with Gasteiger partial charge < -0.3 is 9.30 Å². The molecule has 182 valence electrons. The van der Waals surface area contributed by atoms with Crippen LogP contribution >= 0.6 is 27.3 Å². The maximum Gasteiger partial charge on any atom is 0.279 e. The van der Waals surface area contributed by atoms with E-state index in [1.807, 2.05) is 28.8 Å². The molecule has 1 aromatic heterocycles. The van der Waals surface area contributed by atoms with Crippen LogP contribution < -0.4 is 9.11 Å². The van der Waals surface area contributed by atoms with E-state index >= 15 is 0 Å². The number of carbonyl (C=O) groups excluding carboxylic acids is 1. The monoisotopic (exact) mass is 573 g/mol. The summed E-state index contributed by atoms with van der Waals surface area (Å²) in [4.78, 5) is 18.0. The van der Waals surface area contributed by atoms with Gasteiger partial charge in [-0.1, -0.05) is 45.5 Å². The minimum Gasteiger partial charge on any atom is -0.383 e. The molecule has 1 heterocycles. The Morgan fingerprint density at radius 2 is 1.80 bits per heavy atom. The van der Waals surface area contributed by atoms with Gasteiger partial charge in [0.1, 0.15) is 0 Å². The number of fused-ring (bicyclic) bond motifs is 1.